The smallest absolute Gasteiger partial charge is 0.270 e. The van der Waals surface area contributed by atoms with Crippen LogP contribution in [0.4, 0.5) is 5.69 Å². The fourth-order valence-electron chi connectivity index (χ4n) is 2.33. The van der Waals surface area contributed by atoms with Crippen LogP contribution >= 0.6 is 11.6 Å². The van der Waals surface area contributed by atoms with E-state index < -0.39 is 4.92 Å². The highest BCUT2D eigenvalue weighted by Crippen LogP contribution is 2.25. The van der Waals surface area contributed by atoms with Crippen molar-refractivity contribution in [2.24, 2.45) is 5.92 Å². The molecule has 0 spiro atoms. The molecule has 0 aliphatic carbocycles. The number of carbonyl (C=O) groups is 1. The van der Waals surface area contributed by atoms with Gasteiger partial charge in [0.05, 0.1) is 15.5 Å². The number of nitro benzene ring substituents is 1. The average Bonchev–Trinajstić information content (AvgIpc) is 2.38. The van der Waals surface area contributed by atoms with Gasteiger partial charge in [0.15, 0.2) is 0 Å². The van der Waals surface area contributed by atoms with E-state index in [0.29, 0.717) is 19.0 Å². The van der Waals surface area contributed by atoms with Crippen LogP contribution in [0.25, 0.3) is 0 Å². The number of likely N-dealkylation sites (tertiary alicyclic amines) is 1. The Kier molecular flexibility index (Phi) is 4.04. The van der Waals surface area contributed by atoms with Crippen LogP contribution in [0, 0.1) is 16.0 Å². The monoisotopic (exact) mass is 282 g/mol. The number of carbonyl (C=O) groups excluding carboxylic acids is 1. The second kappa shape index (κ2) is 5.57. The first-order valence-electron chi connectivity index (χ1n) is 6.22. The Hall–Kier alpha value is -1.62. The summed E-state index contributed by atoms with van der Waals surface area (Å²) in [4.78, 5) is 24.3. The second-order valence-electron chi connectivity index (χ2n) is 4.92. The molecule has 2 rings (SSSR count). The van der Waals surface area contributed by atoms with Crippen LogP contribution in [0.1, 0.15) is 30.1 Å². The minimum absolute atomic E-state index is 0.113. The van der Waals surface area contributed by atoms with Gasteiger partial charge in [-0.05, 0) is 24.8 Å². The maximum Gasteiger partial charge on any atom is 0.270 e. The van der Waals surface area contributed by atoms with E-state index in [4.69, 9.17) is 11.6 Å². The zero-order valence-electron chi connectivity index (χ0n) is 10.6. The molecule has 1 aliphatic heterocycles. The van der Waals surface area contributed by atoms with E-state index in [0.717, 1.165) is 12.8 Å². The van der Waals surface area contributed by atoms with Crippen LogP contribution < -0.4 is 0 Å². The quantitative estimate of drug-likeness (QED) is 0.618. The summed E-state index contributed by atoms with van der Waals surface area (Å²) < 4.78 is 0. The van der Waals surface area contributed by atoms with Crippen LogP contribution in [0.5, 0.6) is 0 Å². The highest BCUT2D eigenvalue weighted by molar-refractivity contribution is 6.33. The van der Waals surface area contributed by atoms with Crippen molar-refractivity contribution in [3.63, 3.8) is 0 Å². The number of piperidine rings is 1. The van der Waals surface area contributed by atoms with Crippen molar-refractivity contribution in [3.8, 4) is 0 Å². The van der Waals surface area contributed by atoms with Gasteiger partial charge in [-0.15, -0.1) is 0 Å². The molecule has 5 nitrogen and oxygen atoms in total. The molecule has 1 amide bonds. The molecule has 0 radical (unpaired) electrons. The fraction of sp³-hybridized carbons (Fsp3) is 0.462. The van der Waals surface area contributed by atoms with Crippen molar-refractivity contribution in [1.82, 2.24) is 4.90 Å². The molecule has 19 heavy (non-hydrogen) atoms. The summed E-state index contributed by atoms with van der Waals surface area (Å²) in [5.41, 5.74) is 0.0998. The maximum atomic E-state index is 12.4. The Morgan fingerprint density at radius 2 is 2.26 bits per heavy atom. The van der Waals surface area contributed by atoms with Gasteiger partial charge >= 0.3 is 0 Å². The van der Waals surface area contributed by atoms with Gasteiger partial charge < -0.3 is 4.90 Å². The number of halogens is 1. The van der Waals surface area contributed by atoms with Crippen LogP contribution in [0.2, 0.25) is 5.02 Å². The average molecular weight is 283 g/mol. The second-order valence-corrected chi connectivity index (χ2v) is 5.33. The number of hydrogen-bond acceptors (Lipinski definition) is 3. The molecule has 1 heterocycles. The Labute approximate surface area is 116 Å². The lowest BCUT2D eigenvalue weighted by Crippen LogP contribution is -2.39. The minimum Gasteiger partial charge on any atom is -0.338 e. The predicted molar refractivity (Wildman–Crippen MR) is 72.4 cm³/mol. The third-order valence-electron chi connectivity index (χ3n) is 3.34. The summed E-state index contributed by atoms with van der Waals surface area (Å²) in [6, 6.07) is 3.96. The number of nitrogens with zero attached hydrogens (tertiary/aromatic N) is 2. The predicted octanol–water partition coefficient (Wildman–Crippen LogP) is 3.12. The van der Waals surface area contributed by atoms with E-state index in [-0.39, 0.29) is 22.2 Å². The van der Waals surface area contributed by atoms with Crippen molar-refractivity contribution >= 4 is 23.2 Å². The molecular weight excluding hydrogens is 268 g/mol. The van der Waals surface area contributed by atoms with Crippen molar-refractivity contribution in [3.05, 3.63) is 38.9 Å². The van der Waals surface area contributed by atoms with Crippen molar-refractivity contribution in [2.75, 3.05) is 13.1 Å². The van der Waals surface area contributed by atoms with Gasteiger partial charge in [0.25, 0.3) is 11.6 Å². The van der Waals surface area contributed by atoms with Gasteiger partial charge in [-0.2, -0.15) is 0 Å². The molecule has 6 heteroatoms. The van der Waals surface area contributed by atoms with E-state index in [1.807, 2.05) is 0 Å². The van der Waals surface area contributed by atoms with Gasteiger partial charge in [-0.3, -0.25) is 14.9 Å². The molecule has 0 aromatic heterocycles. The number of non-ortho nitro benzene ring substituents is 1. The van der Waals surface area contributed by atoms with Crippen LogP contribution in [-0.2, 0) is 0 Å². The first kappa shape index (κ1) is 13.8. The highest BCUT2D eigenvalue weighted by atomic mass is 35.5. The first-order chi connectivity index (χ1) is 8.99. The standard InChI is InChI=1S/C13H15ClN2O3/c1-9-3-2-6-15(8-9)13(17)11-7-10(16(18)19)4-5-12(11)14/h4-5,7,9H,2-3,6,8H2,1H3/t9-/m0/s1. The molecule has 1 atom stereocenters. The Morgan fingerprint density at radius 3 is 2.89 bits per heavy atom. The normalized spacial score (nSPS) is 19.3. The molecule has 0 N–H and O–H groups in total. The molecule has 1 saturated heterocycles. The van der Waals surface area contributed by atoms with Gasteiger partial charge in [-0.25, -0.2) is 0 Å². The highest BCUT2D eigenvalue weighted by Gasteiger charge is 2.25. The molecule has 0 unspecified atom stereocenters. The molecule has 1 aromatic rings. The molecule has 0 saturated carbocycles. The summed E-state index contributed by atoms with van der Waals surface area (Å²) in [7, 11) is 0. The maximum absolute atomic E-state index is 12.4. The molecule has 1 aromatic carbocycles. The molecule has 1 fully saturated rings. The lowest BCUT2D eigenvalue weighted by Gasteiger charge is -2.31. The van der Waals surface area contributed by atoms with Crippen LogP contribution in [0.3, 0.4) is 0 Å². The van der Waals surface area contributed by atoms with Crippen molar-refractivity contribution < 1.29 is 9.72 Å². The Morgan fingerprint density at radius 1 is 1.53 bits per heavy atom. The first-order valence-corrected chi connectivity index (χ1v) is 6.60. The summed E-state index contributed by atoms with van der Waals surface area (Å²) in [6.45, 7) is 3.45. The van der Waals surface area contributed by atoms with Crippen molar-refractivity contribution in [1.29, 1.82) is 0 Å². The van der Waals surface area contributed by atoms with E-state index >= 15 is 0 Å². The number of benzene rings is 1. The van der Waals surface area contributed by atoms with Crippen LogP contribution in [0.15, 0.2) is 18.2 Å². The summed E-state index contributed by atoms with van der Waals surface area (Å²) in [6.07, 6.45) is 2.06. The van der Waals surface area contributed by atoms with Gasteiger partial charge in [-0.1, -0.05) is 18.5 Å². The van der Waals surface area contributed by atoms with E-state index in [1.165, 1.54) is 18.2 Å². The zero-order valence-corrected chi connectivity index (χ0v) is 11.4. The SMILES string of the molecule is C[C@H]1CCCN(C(=O)c2cc([N+](=O)[O-])ccc2Cl)C1. The van der Waals surface area contributed by atoms with E-state index in [9.17, 15) is 14.9 Å². The number of amides is 1. The molecule has 102 valence electrons. The van der Waals surface area contributed by atoms with E-state index in [1.54, 1.807) is 4.90 Å². The molecule has 1 aliphatic rings. The third kappa shape index (κ3) is 3.04. The lowest BCUT2D eigenvalue weighted by molar-refractivity contribution is -0.384. The fourth-order valence-corrected chi connectivity index (χ4v) is 2.53. The van der Waals surface area contributed by atoms with Crippen LogP contribution in [-0.4, -0.2) is 28.8 Å². The van der Waals surface area contributed by atoms with Gasteiger partial charge in [0, 0.05) is 25.2 Å². The lowest BCUT2D eigenvalue weighted by atomic mass is 9.99. The third-order valence-corrected chi connectivity index (χ3v) is 3.66. The summed E-state index contributed by atoms with van der Waals surface area (Å²) in [5, 5.41) is 11.0. The topological polar surface area (TPSA) is 63.5 Å². The van der Waals surface area contributed by atoms with Gasteiger partial charge in [0.1, 0.15) is 0 Å². The molecular formula is C13H15ClN2O3. The molecule has 0 bridgehead atoms. The zero-order chi connectivity index (χ0) is 14.0. The Balaban J connectivity index is 2.27. The van der Waals surface area contributed by atoms with Gasteiger partial charge in [0.2, 0.25) is 0 Å². The number of nitro groups is 1. The van der Waals surface area contributed by atoms with E-state index in [2.05, 4.69) is 6.92 Å². The largest absolute Gasteiger partial charge is 0.338 e. The summed E-state index contributed by atoms with van der Waals surface area (Å²) >= 11 is 5.98. The Bertz CT molecular complexity index is 519. The number of rotatable bonds is 2. The summed E-state index contributed by atoms with van der Waals surface area (Å²) in [5.74, 6) is 0.232. The number of hydrogen-bond donors (Lipinski definition) is 0. The minimum atomic E-state index is -0.522. The van der Waals surface area contributed by atoms with Crippen molar-refractivity contribution in [2.45, 2.75) is 19.8 Å².